The maximum absolute atomic E-state index is 12.7. The molecule has 1 aliphatic rings. The minimum absolute atomic E-state index is 0. The maximum Gasteiger partial charge on any atom is 0.277 e. The van der Waals surface area contributed by atoms with Gasteiger partial charge in [-0.3, -0.25) is 9.78 Å². The second kappa shape index (κ2) is 8.46. The van der Waals surface area contributed by atoms with Crippen LogP contribution in [-0.4, -0.2) is 59.8 Å². The van der Waals surface area contributed by atoms with Crippen molar-refractivity contribution in [1.82, 2.24) is 19.3 Å². The van der Waals surface area contributed by atoms with E-state index in [1.165, 1.54) is 15.6 Å². The van der Waals surface area contributed by atoms with Gasteiger partial charge in [-0.15, -0.1) is 11.3 Å². The van der Waals surface area contributed by atoms with Crippen LogP contribution in [0, 0.1) is 6.92 Å². The van der Waals surface area contributed by atoms with Crippen LogP contribution in [0.15, 0.2) is 52.3 Å². The zero-order valence-corrected chi connectivity index (χ0v) is 17.9. The van der Waals surface area contributed by atoms with E-state index in [0.717, 1.165) is 0 Å². The molecule has 0 aromatic carbocycles. The third kappa shape index (κ3) is 4.18. The molecule has 1 fully saturated rings. The number of aromatic nitrogens is 3. The number of carbonyl (C=O) groups excluding carboxylic acids is 1. The van der Waals surface area contributed by atoms with Crippen molar-refractivity contribution in [3.05, 3.63) is 59.5 Å². The third-order valence-corrected chi connectivity index (χ3v) is 7.99. The highest BCUT2D eigenvalue weighted by molar-refractivity contribution is 7.91. The predicted octanol–water partition coefficient (Wildman–Crippen LogP) is 2.50. The molecule has 3 aromatic heterocycles. The van der Waals surface area contributed by atoms with Gasteiger partial charge in [-0.2, -0.15) is 4.31 Å². The van der Waals surface area contributed by atoms with Crippen molar-refractivity contribution in [2.24, 2.45) is 0 Å². The molecular formula is C19H24N6O3S2. The van der Waals surface area contributed by atoms with Gasteiger partial charge in [0.1, 0.15) is 15.8 Å². The summed E-state index contributed by atoms with van der Waals surface area (Å²) in [5.41, 5.74) is 0.720. The van der Waals surface area contributed by atoms with E-state index in [0.29, 0.717) is 47.7 Å². The number of nitrogens with zero attached hydrogens (tertiary/aromatic N) is 5. The van der Waals surface area contributed by atoms with Crippen LogP contribution in [0.5, 0.6) is 0 Å². The van der Waals surface area contributed by atoms with Crippen molar-refractivity contribution in [2.75, 3.05) is 36.4 Å². The number of rotatable bonds is 5. The normalized spacial score (nSPS) is 15.2. The number of aryl methyl sites for hydroxylation is 1. The van der Waals surface area contributed by atoms with Crippen molar-refractivity contribution in [1.29, 1.82) is 0 Å². The van der Waals surface area contributed by atoms with Gasteiger partial charge in [0.25, 0.3) is 15.9 Å². The van der Waals surface area contributed by atoms with E-state index < -0.39 is 10.0 Å². The van der Waals surface area contributed by atoms with Gasteiger partial charge in [0, 0.05) is 35.2 Å². The summed E-state index contributed by atoms with van der Waals surface area (Å²) in [4.78, 5) is 27.4. The number of hydrogen-bond acceptors (Lipinski definition) is 8. The average Bonchev–Trinajstić information content (AvgIpc) is 3.31. The van der Waals surface area contributed by atoms with Gasteiger partial charge < -0.3 is 10.2 Å². The van der Waals surface area contributed by atoms with Crippen molar-refractivity contribution in [3.8, 4) is 0 Å². The standard InChI is InChI=1S/C19H20N6O3S2.2H2/c1-14-18(19(26)22-15-5-2-3-7-20-15)23-16(13-21-14)24-8-10-25(11-9-24)30(27,28)17-6-4-12-29-17;;/h2-7,12-13H,8-11H2,1H3,(H,20,22,26);2*1H. The fraction of sp³-hybridized carbons (Fsp3) is 0.263. The zero-order valence-electron chi connectivity index (χ0n) is 16.2. The van der Waals surface area contributed by atoms with Gasteiger partial charge >= 0.3 is 0 Å². The maximum atomic E-state index is 12.7. The molecule has 1 saturated heterocycles. The summed E-state index contributed by atoms with van der Waals surface area (Å²) in [5, 5.41) is 4.47. The Balaban J connectivity index is 0.00000181. The second-order valence-corrected chi connectivity index (χ2v) is 9.77. The van der Waals surface area contributed by atoms with Crippen LogP contribution in [0.25, 0.3) is 0 Å². The third-order valence-electron chi connectivity index (χ3n) is 4.72. The number of carbonyl (C=O) groups is 1. The van der Waals surface area contributed by atoms with Gasteiger partial charge in [-0.1, -0.05) is 12.1 Å². The van der Waals surface area contributed by atoms with E-state index >= 15 is 0 Å². The Kier molecular flexibility index (Phi) is 5.75. The number of thiophene rings is 1. The first-order valence-electron chi connectivity index (χ1n) is 9.30. The van der Waals surface area contributed by atoms with Gasteiger partial charge in [0.05, 0.1) is 11.9 Å². The lowest BCUT2D eigenvalue weighted by Crippen LogP contribution is -2.48. The summed E-state index contributed by atoms with van der Waals surface area (Å²) in [6.45, 7) is 3.32. The topological polar surface area (TPSA) is 108 Å². The molecule has 30 heavy (non-hydrogen) atoms. The van der Waals surface area contributed by atoms with Gasteiger partial charge in [0.15, 0.2) is 5.69 Å². The lowest BCUT2D eigenvalue weighted by molar-refractivity contribution is 0.102. The number of hydrogen-bond donors (Lipinski definition) is 1. The molecule has 0 saturated carbocycles. The number of nitrogens with one attached hydrogen (secondary N) is 1. The minimum atomic E-state index is -3.47. The number of pyridine rings is 1. The van der Waals surface area contributed by atoms with E-state index in [2.05, 4.69) is 20.3 Å². The molecule has 0 unspecified atom stereocenters. The molecule has 1 amide bonds. The van der Waals surface area contributed by atoms with Gasteiger partial charge in [-0.25, -0.2) is 18.4 Å². The quantitative estimate of drug-likeness (QED) is 0.639. The number of anilines is 2. The molecule has 1 N–H and O–H groups in total. The molecular weight excluding hydrogens is 424 g/mol. The Labute approximate surface area is 181 Å². The first-order chi connectivity index (χ1) is 14.4. The molecule has 4 rings (SSSR count). The van der Waals surface area contributed by atoms with Crippen molar-refractivity contribution in [2.45, 2.75) is 11.1 Å². The second-order valence-electron chi connectivity index (χ2n) is 6.65. The Morgan fingerprint density at radius 3 is 2.60 bits per heavy atom. The van der Waals surface area contributed by atoms with Gasteiger partial charge in [-0.05, 0) is 30.5 Å². The van der Waals surface area contributed by atoms with Crippen molar-refractivity contribution in [3.63, 3.8) is 0 Å². The molecule has 0 radical (unpaired) electrons. The molecule has 0 aliphatic carbocycles. The summed E-state index contributed by atoms with van der Waals surface area (Å²) in [6, 6.07) is 8.58. The fourth-order valence-electron chi connectivity index (χ4n) is 3.11. The number of sulfonamides is 1. The van der Waals surface area contributed by atoms with E-state index in [1.54, 1.807) is 55.0 Å². The van der Waals surface area contributed by atoms with E-state index in [9.17, 15) is 13.2 Å². The first kappa shape index (κ1) is 20.4. The lowest BCUT2D eigenvalue weighted by atomic mass is 10.3. The molecule has 11 heteroatoms. The monoisotopic (exact) mass is 448 g/mol. The van der Waals surface area contributed by atoms with E-state index in [1.807, 2.05) is 4.90 Å². The number of piperazine rings is 1. The number of amides is 1. The van der Waals surface area contributed by atoms with Crippen LogP contribution >= 0.6 is 11.3 Å². The lowest BCUT2D eigenvalue weighted by Gasteiger charge is -2.34. The molecule has 160 valence electrons. The summed E-state index contributed by atoms with van der Waals surface area (Å²) >= 11 is 1.21. The van der Waals surface area contributed by atoms with Crippen LogP contribution in [0.4, 0.5) is 11.6 Å². The first-order valence-corrected chi connectivity index (χ1v) is 11.6. The summed E-state index contributed by atoms with van der Waals surface area (Å²) < 4.78 is 27.2. The Hall–Kier alpha value is -2.89. The molecule has 0 spiro atoms. The van der Waals surface area contributed by atoms with Crippen LogP contribution < -0.4 is 10.2 Å². The van der Waals surface area contributed by atoms with Crippen LogP contribution in [0.2, 0.25) is 0 Å². The highest BCUT2D eigenvalue weighted by atomic mass is 32.2. The van der Waals surface area contributed by atoms with E-state index in [-0.39, 0.29) is 14.5 Å². The minimum Gasteiger partial charge on any atom is -0.353 e. The Morgan fingerprint density at radius 1 is 1.13 bits per heavy atom. The smallest absolute Gasteiger partial charge is 0.277 e. The summed E-state index contributed by atoms with van der Waals surface area (Å²) in [5.74, 6) is 0.584. The molecule has 0 bridgehead atoms. The van der Waals surface area contributed by atoms with Crippen molar-refractivity contribution >= 4 is 38.9 Å². The van der Waals surface area contributed by atoms with Crippen molar-refractivity contribution < 1.29 is 16.1 Å². The molecule has 9 nitrogen and oxygen atoms in total. The zero-order chi connectivity index (χ0) is 21.1. The van der Waals surface area contributed by atoms with Crippen LogP contribution in [-0.2, 0) is 10.0 Å². The highest BCUT2D eigenvalue weighted by Gasteiger charge is 2.30. The van der Waals surface area contributed by atoms with Crippen LogP contribution in [0.3, 0.4) is 0 Å². The van der Waals surface area contributed by atoms with E-state index in [4.69, 9.17) is 0 Å². The van der Waals surface area contributed by atoms with Gasteiger partial charge in [0.2, 0.25) is 0 Å². The Morgan fingerprint density at radius 2 is 1.93 bits per heavy atom. The Bertz CT molecular complexity index is 1140. The average molecular weight is 449 g/mol. The largest absolute Gasteiger partial charge is 0.353 e. The molecule has 3 aromatic rings. The molecule has 0 atom stereocenters. The predicted molar refractivity (Wildman–Crippen MR) is 118 cm³/mol. The fourth-order valence-corrected chi connectivity index (χ4v) is 5.68. The molecule has 4 heterocycles. The highest BCUT2D eigenvalue weighted by Crippen LogP contribution is 2.23. The summed E-state index contributed by atoms with van der Waals surface area (Å²) in [6.07, 6.45) is 3.20. The van der Waals surface area contributed by atoms with Crippen LogP contribution in [0.1, 0.15) is 19.0 Å². The summed E-state index contributed by atoms with van der Waals surface area (Å²) in [7, 11) is -3.47. The molecule has 1 aliphatic heterocycles. The SMILES string of the molecule is Cc1ncc(N2CCN(S(=O)(=O)c3cccs3)CC2)nc1C(=O)Nc1ccccn1.[HH].[HH].